The summed E-state index contributed by atoms with van der Waals surface area (Å²) in [6.07, 6.45) is 11.4. The Morgan fingerprint density at radius 1 is 0.221 bits per heavy atom. The molecule has 0 heterocycles. The number of benzene rings is 13. The van der Waals surface area contributed by atoms with Gasteiger partial charge in [0.15, 0.2) is 0 Å². The number of carbonyl (C=O) groups is 8. The van der Waals surface area contributed by atoms with Crippen LogP contribution in [0.15, 0.2) is 370 Å². The average Bonchev–Trinajstić information content (AvgIpc) is 0.826. The Balaban J connectivity index is 0.000000124. The maximum Gasteiger partial charge on any atom is 0.310 e. The van der Waals surface area contributed by atoms with Gasteiger partial charge in [0.25, 0.3) is 0 Å². The molecule has 13 aromatic rings. The van der Waals surface area contributed by atoms with E-state index in [2.05, 4.69) is 60.7 Å². The average molecular weight is 1910 g/mol. The van der Waals surface area contributed by atoms with E-state index in [-0.39, 0.29) is 66.5 Å². The first-order valence-corrected chi connectivity index (χ1v) is 50.0. The van der Waals surface area contributed by atoms with E-state index in [1.165, 1.54) is 16.7 Å². The van der Waals surface area contributed by atoms with Gasteiger partial charge in [-0.3, -0.25) is 38.4 Å². The molecule has 8 aliphatic rings. The Morgan fingerprint density at radius 2 is 0.421 bits per heavy atom. The van der Waals surface area contributed by atoms with Crippen LogP contribution < -0.4 is 0 Å². The summed E-state index contributed by atoms with van der Waals surface area (Å²) >= 11 is 13.0. The van der Waals surface area contributed by atoms with E-state index in [0.717, 1.165) is 133 Å². The molecule has 140 heavy (non-hydrogen) atoms. The molecule has 7 fully saturated rings. The third-order valence-electron chi connectivity index (χ3n) is 31.0. The van der Waals surface area contributed by atoms with Gasteiger partial charge >= 0.3 is 47.8 Å². The molecule has 0 aliphatic heterocycles. The van der Waals surface area contributed by atoms with Crippen LogP contribution in [0.1, 0.15) is 220 Å². The van der Waals surface area contributed by atoms with Gasteiger partial charge in [-0.2, -0.15) is 0 Å². The summed E-state index contributed by atoms with van der Waals surface area (Å²) in [5.74, 6) is -13.3. The Morgan fingerprint density at radius 3 is 0.664 bits per heavy atom. The lowest BCUT2D eigenvalue weighted by Crippen LogP contribution is -2.52. The maximum absolute atomic E-state index is 13.9. The van der Waals surface area contributed by atoms with Gasteiger partial charge < -0.3 is 39.4 Å². The number of hydrogen-bond donors (Lipinski definition) is 4. The molecule has 712 valence electrons. The number of ether oxygens (including phenoxy) is 4. The smallest absolute Gasteiger partial charge is 0.310 e. The maximum atomic E-state index is 13.9. The Labute approximate surface area is 827 Å². The van der Waals surface area contributed by atoms with E-state index < -0.39 is 125 Å². The van der Waals surface area contributed by atoms with Gasteiger partial charge in [0.05, 0.1) is 47.3 Å². The van der Waals surface area contributed by atoms with Crippen molar-refractivity contribution in [2.24, 2.45) is 47.3 Å². The summed E-state index contributed by atoms with van der Waals surface area (Å²) in [5, 5.41) is 41.6. The standard InChI is InChI=1S/C32H24Cl2O4.3C30H30O4/c33-25-15-7-5-13-22(25)27-29(31(35)36)28(23-14-6-8-16-26(23)34)30(27)32(37)38-17-24-20-11-3-1-9-18(20)19-10-2-4-12-21(19)24;3*31-29(32)27-25(21-14-6-2-7-15-21)28(26(27)22-16-8-3-9-17-22)30(33)34-24-19-11-10-18-23(24)20-12-4-1-5-13-20/h1-16,24,27-30H,17H2,(H,35,36);3*1-9,12-17,23-28H,10-11,18-19H2,(H,31,32)/t27-,28-,29?,30?;23?,24-,25-,26-,27?,28?;23-,24?,25-,26-,27?,28?;23-,24+,25-,26-,27?,28?/m0001/s1. The van der Waals surface area contributed by atoms with Crippen LogP contribution in [0.3, 0.4) is 0 Å². The number of rotatable bonds is 24. The van der Waals surface area contributed by atoms with E-state index in [1.807, 2.05) is 261 Å². The number of aliphatic carboxylic acids is 4. The van der Waals surface area contributed by atoms with Crippen molar-refractivity contribution in [1.82, 2.24) is 0 Å². The SMILES string of the molecule is O=C(O)C1[C@@H](c2ccccc2)C(C(=O)O[C@H]2CCCC[C@@H]2c2ccccc2)[C@@H]1c1ccccc1.O=C(O)C1[C@H](c2ccccc2)C(C(=O)OC2CCCC[C@H]2c2ccccc2)[C@H]1c1ccccc1.O=C(O)C1[C@H](c2ccccc2)C(C(=O)O[C@H]2CCCCC2c2ccccc2)[C@H]1c1ccccc1.O=C(O)C1[C@H](c2ccccc2Cl)C(C(=O)OCC2c3ccccc3-c3ccccc32)[C@H]1c1ccccc1Cl. The van der Waals surface area contributed by atoms with Crippen LogP contribution >= 0.6 is 23.2 Å². The first-order valence-electron chi connectivity index (χ1n) is 49.2. The van der Waals surface area contributed by atoms with E-state index >= 15 is 0 Å². The molecule has 0 saturated heterocycles. The fourth-order valence-corrected chi connectivity index (χ4v) is 25.1. The Bertz CT molecular complexity index is 5770. The normalized spacial score (nSPS) is 26.6. The Hall–Kier alpha value is -13.8. The minimum Gasteiger partial charge on any atom is -0.481 e. The molecule has 0 bridgehead atoms. The molecule has 2 unspecified atom stereocenters. The molecule has 0 spiro atoms. The molecule has 8 aliphatic carbocycles. The monoisotopic (exact) mass is 1900 g/mol. The molecular weight excluding hydrogens is 1790 g/mol. The molecular formula is C122H114Cl2O16. The number of carboxylic acid groups (broad SMARTS) is 4. The molecule has 7 saturated carbocycles. The number of esters is 4. The van der Waals surface area contributed by atoms with E-state index in [0.29, 0.717) is 21.2 Å². The molecule has 14 atom stereocenters. The predicted octanol–water partition coefficient (Wildman–Crippen LogP) is 26.0. The topological polar surface area (TPSA) is 254 Å². The zero-order chi connectivity index (χ0) is 96.9. The first kappa shape index (κ1) is 96.5. The minimum atomic E-state index is -0.998. The van der Waals surface area contributed by atoms with Crippen LogP contribution in [0.25, 0.3) is 11.1 Å². The molecule has 0 amide bonds. The number of carboxylic acids is 4. The van der Waals surface area contributed by atoms with Crippen molar-refractivity contribution in [3.8, 4) is 11.1 Å². The zero-order valence-corrected chi connectivity index (χ0v) is 79.1. The summed E-state index contributed by atoms with van der Waals surface area (Å²) in [7, 11) is 0. The highest BCUT2D eigenvalue weighted by atomic mass is 35.5. The van der Waals surface area contributed by atoms with Gasteiger partial charge in [0, 0.05) is 81.1 Å². The largest absolute Gasteiger partial charge is 0.481 e. The van der Waals surface area contributed by atoms with Gasteiger partial charge in [-0.05, 0) is 153 Å². The van der Waals surface area contributed by atoms with Gasteiger partial charge in [0.2, 0.25) is 0 Å². The number of halogens is 2. The molecule has 13 aromatic carbocycles. The predicted molar refractivity (Wildman–Crippen MR) is 539 cm³/mol. The van der Waals surface area contributed by atoms with Crippen LogP contribution in [-0.4, -0.2) is 93.1 Å². The summed E-state index contributed by atoms with van der Waals surface area (Å²) in [4.78, 5) is 105. The summed E-state index contributed by atoms with van der Waals surface area (Å²) in [6.45, 7) is 0.158. The molecule has 18 heteroatoms. The number of fused-ring (bicyclic) bond motifs is 3. The second-order valence-corrected chi connectivity index (χ2v) is 39.3. The van der Waals surface area contributed by atoms with E-state index in [4.69, 9.17) is 42.1 Å². The van der Waals surface area contributed by atoms with Gasteiger partial charge in [-0.15, -0.1) is 0 Å². The fraction of sp³-hybridized carbons (Fsp3) is 0.295. The number of carbonyl (C=O) groups excluding carboxylic acids is 4. The highest BCUT2D eigenvalue weighted by molar-refractivity contribution is 6.32. The summed E-state index contributed by atoms with van der Waals surface area (Å²) in [5.41, 5.74) is 14.7. The van der Waals surface area contributed by atoms with Crippen LogP contribution in [0.5, 0.6) is 0 Å². The number of hydrogen-bond acceptors (Lipinski definition) is 12. The van der Waals surface area contributed by atoms with Crippen LogP contribution in [-0.2, 0) is 57.3 Å². The molecule has 4 N–H and O–H groups in total. The first-order chi connectivity index (χ1) is 68.4. The van der Waals surface area contributed by atoms with E-state index in [9.17, 15) is 58.8 Å². The lowest BCUT2D eigenvalue weighted by molar-refractivity contribution is -0.171. The van der Waals surface area contributed by atoms with Crippen LogP contribution in [0, 0.1) is 47.3 Å². The third kappa shape index (κ3) is 20.4. The zero-order valence-electron chi connectivity index (χ0n) is 77.6. The Kier molecular flexibility index (Phi) is 30.7. The van der Waals surface area contributed by atoms with Crippen LogP contribution in [0.2, 0.25) is 10.0 Å². The van der Waals surface area contributed by atoms with Crippen molar-refractivity contribution >= 4 is 71.0 Å². The quantitative estimate of drug-likeness (QED) is 0.0324. The van der Waals surface area contributed by atoms with Crippen molar-refractivity contribution < 1.29 is 77.7 Å². The molecule has 21 rings (SSSR count). The second kappa shape index (κ2) is 44.6. The van der Waals surface area contributed by atoms with Crippen molar-refractivity contribution in [2.75, 3.05) is 6.61 Å². The lowest BCUT2D eigenvalue weighted by Gasteiger charge is -2.49. The third-order valence-corrected chi connectivity index (χ3v) is 31.7. The van der Waals surface area contributed by atoms with Crippen molar-refractivity contribution in [1.29, 1.82) is 0 Å². The van der Waals surface area contributed by atoms with Crippen LogP contribution in [0.4, 0.5) is 0 Å². The molecule has 0 aromatic heterocycles. The van der Waals surface area contributed by atoms with Crippen molar-refractivity contribution in [3.05, 3.63) is 452 Å². The molecule has 0 radical (unpaired) electrons. The summed E-state index contributed by atoms with van der Waals surface area (Å²) in [6, 6.07) is 119. The van der Waals surface area contributed by atoms with Crippen molar-refractivity contribution in [2.45, 2.75) is 166 Å². The second-order valence-electron chi connectivity index (χ2n) is 38.5. The van der Waals surface area contributed by atoms with Gasteiger partial charge in [-0.25, -0.2) is 0 Å². The van der Waals surface area contributed by atoms with Gasteiger partial charge in [-0.1, -0.05) is 400 Å². The minimum absolute atomic E-state index is 0.0979. The van der Waals surface area contributed by atoms with Crippen molar-refractivity contribution in [3.63, 3.8) is 0 Å². The molecule has 16 nitrogen and oxygen atoms in total. The highest BCUT2D eigenvalue weighted by Gasteiger charge is 2.64. The van der Waals surface area contributed by atoms with Gasteiger partial charge in [0.1, 0.15) is 24.9 Å². The van der Waals surface area contributed by atoms with E-state index in [1.54, 1.807) is 48.5 Å². The lowest BCUT2D eigenvalue weighted by atomic mass is 9.52. The fourth-order valence-electron chi connectivity index (χ4n) is 24.5. The summed E-state index contributed by atoms with van der Waals surface area (Å²) < 4.78 is 24.8. The highest BCUT2D eigenvalue weighted by Crippen LogP contribution is 2.64.